The molecule has 0 radical (unpaired) electrons. The van der Waals surface area contributed by atoms with Crippen molar-refractivity contribution in [2.75, 3.05) is 0 Å². The molecule has 0 aromatic carbocycles. The number of carbonyl (C=O) groups excluding carboxylic acids is 3. The maximum Gasteiger partial charge on any atom is 0.408 e. The summed E-state index contributed by atoms with van der Waals surface area (Å²) in [5, 5.41) is 24.0. The molecule has 11 nitrogen and oxygen atoms in total. The van der Waals surface area contributed by atoms with Crippen LogP contribution in [0.3, 0.4) is 0 Å². The molecule has 2 aliphatic rings. The number of carbonyl (C=O) groups is 3. The Bertz CT molecular complexity index is 664. The van der Waals surface area contributed by atoms with Gasteiger partial charge in [0.15, 0.2) is 0 Å². The van der Waals surface area contributed by atoms with Gasteiger partial charge in [-0.3, -0.25) is 10.2 Å². The monoisotopic (exact) mass is 397 g/mol. The Kier molecular flexibility index (Phi) is 6.36. The third kappa shape index (κ3) is 5.24. The largest absolute Gasteiger partial charge is 0.444 e. The molecule has 0 aromatic rings. The Morgan fingerprint density at radius 1 is 1.46 bits per heavy atom. The molecule has 156 valence electrons. The number of hydrazine groups is 1. The Labute approximate surface area is 163 Å². The van der Waals surface area contributed by atoms with Gasteiger partial charge in [0.1, 0.15) is 29.5 Å². The van der Waals surface area contributed by atoms with Crippen molar-refractivity contribution in [1.29, 1.82) is 5.26 Å². The smallest absolute Gasteiger partial charge is 0.408 e. The number of ether oxygens (including phenoxy) is 2. The van der Waals surface area contributed by atoms with E-state index in [4.69, 9.17) is 14.7 Å². The summed E-state index contributed by atoms with van der Waals surface area (Å²) in [7, 11) is 0. The first-order chi connectivity index (χ1) is 13.0. The highest BCUT2D eigenvalue weighted by molar-refractivity contribution is 5.90. The molecule has 3 atom stereocenters. The maximum absolute atomic E-state index is 12.7. The number of alkyl carbamates (subject to hydrolysis) is 2. The summed E-state index contributed by atoms with van der Waals surface area (Å²) in [4.78, 5) is 36.1. The number of aliphatic hydroxyl groups excluding tert-OH is 1. The molecule has 28 heavy (non-hydrogen) atoms. The molecule has 5 N–H and O–H groups in total. The molecule has 11 heteroatoms. The van der Waals surface area contributed by atoms with Crippen LogP contribution in [0, 0.1) is 17.2 Å². The van der Waals surface area contributed by atoms with Crippen molar-refractivity contribution in [3.05, 3.63) is 0 Å². The van der Waals surface area contributed by atoms with Gasteiger partial charge in [0.2, 0.25) is 0 Å². The van der Waals surface area contributed by atoms with Crippen molar-refractivity contribution in [2.45, 2.75) is 76.5 Å². The van der Waals surface area contributed by atoms with Crippen LogP contribution in [0.4, 0.5) is 9.59 Å². The molecular formula is C17H27N5O6. The third-order valence-electron chi connectivity index (χ3n) is 4.59. The van der Waals surface area contributed by atoms with Gasteiger partial charge in [0, 0.05) is 6.42 Å². The van der Waals surface area contributed by atoms with Crippen LogP contribution in [0.5, 0.6) is 0 Å². The van der Waals surface area contributed by atoms with E-state index < -0.39 is 47.6 Å². The van der Waals surface area contributed by atoms with Crippen LogP contribution < -0.4 is 21.5 Å². The third-order valence-corrected chi connectivity index (χ3v) is 4.59. The molecule has 1 heterocycles. The summed E-state index contributed by atoms with van der Waals surface area (Å²) in [6.07, 6.45) is -2.51. The van der Waals surface area contributed by atoms with Crippen LogP contribution in [0.1, 0.15) is 47.0 Å². The number of hydrogen-bond acceptors (Lipinski definition) is 8. The predicted octanol–water partition coefficient (Wildman–Crippen LogP) is 0.00968. The zero-order valence-electron chi connectivity index (χ0n) is 16.4. The number of nitrogens with zero attached hydrogens (tertiary/aromatic N) is 1. The van der Waals surface area contributed by atoms with Crippen molar-refractivity contribution in [2.24, 2.45) is 5.92 Å². The molecule has 0 aromatic heterocycles. The quantitative estimate of drug-likeness (QED) is 0.309. The molecule has 1 saturated heterocycles. The zero-order chi connectivity index (χ0) is 21.1. The fourth-order valence-corrected chi connectivity index (χ4v) is 3.26. The first-order valence-corrected chi connectivity index (χ1v) is 9.05. The van der Waals surface area contributed by atoms with Gasteiger partial charge in [-0.1, -0.05) is 0 Å². The summed E-state index contributed by atoms with van der Waals surface area (Å²) in [5.74, 6) is -0.609. The second-order valence-corrected chi connectivity index (χ2v) is 8.17. The van der Waals surface area contributed by atoms with Gasteiger partial charge < -0.3 is 25.2 Å². The molecule has 2 fully saturated rings. The number of nitrogens with one attached hydrogen (secondary N) is 4. The fourth-order valence-electron chi connectivity index (χ4n) is 3.26. The van der Waals surface area contributed by atoms with E-state index in [2.05, 4.69) is 21.5 Å². The van der Waals surface area contributed by atoms with Crippen LogP contribution in [0.25, 0.3) is 0 Å². The number of cyclic esters (lactones) is 1. The first kappa shape index (κ1) is 21.7. The summed E-state index contributed by atoms with van der Waals surface area (Å²) < 4.78 is 10.1. The van der Waals surface area contributed by atoms with Crippen molar-refractivity contribution in [1.82, 2.24) is 21.5 Å². The maximum atomic E-state index is 12.7. The van der Waals surface area contributed by atoms with Gasteiger partial charge in [-0.25, -0.2) is 15.0 Å². The lowest BCUT2D eigenvalue weighted by molar-refractivity contribution is -0.136. The number of hydrogen-bond donors (Lipinski definition) is 5. The van der Waals surface area contributed by atoms with Gasteiger partial charge in [-0.05, 0) is 46.5 Å². The standard InChI is InChI=1S/C17H27N5O6/c1-9-11(19-14(25)27-9)12(23)21-22-13(24)17(7-10(8-17)5-6-18)20-15(26)28-16(2,3)4/h9-12,21,23H,5,7-8H2,1-4H3,(H,19,25)(H,20,26)(H,22,24)/t9-,10-,11+,12?,17-/m1/s1. The molecular weight excluding hydrogens is 370 g/mol. The van der Waals surface area contributed by atoms with E-state index >= 15 is 0 Å². The molecule has 0 bridgehead atoms. The van der Waals surface area contributed by atoms with E-state index in [1.807, 2.05) is 6.07 Å². The number of nitriles is 1. The first-order valence-electron chi connectivity index (χ1n) is 9.05. The highest BCUT2D eigenvalue weighted by Gasteiger charge is 2.52. The van der Waals surface area contributed by atoms with Crippen LogP contribution >= 0.6 is 0 Å². The zero-order valence-corrected chi connectivity index (χ0v) is 16.4. The molecule has 1 saturated carbocycles. The van der Waals surface area contributed by atoms with Gasteiger partial charge in [0.25, 0.3) is 5.91 Å². The van der Waals surface area contributed by atoms with Crippen molar-refractivity contribution in [3.8, 4) is 6.07 Å². The van der Waals surface area contributed by atoms with Crippen LogP contribution in [0.15, 0.2) is 0 Å². The minimum Gasteiger partial charge on any atom is -0.444 e. The molecule has 0 spiro atoms. The topological polar surface area (TPSA) is 162 Å². The van der Waals surface area contributed by atoms with E-state index in [9.17, 15) is 19.5 Å². The predicted molar refractivity (Wildman–Crippen MR) is 95.2 cm³/mol. The van der Waals surface area contributed by atoms with Crippen molar-refractivity contribution < 1.29 is 29.0 Å². The lowest BCUT2D eigenvalue weighted by atomic mass is 9.66. The Morgan fingerprint density at radius 3 is 2.61 bits per heavy atom. The molecule has 1 aliphatic carbocycles. The van der Waals surface area contributed by atoms with E-state index in [0.717, 1.165) is 0 Å². The van der Waals surface area contributed by atoms with Crippen LogP contribution in [-0.2, 0) is 14.3 Å². The van der Waals surface area contributed by atoms with Gasteiger partial charge in [-0.2, -0.15) is 5.26 Å². The minimum atomic E-state index is -1.31. The second kappa shape index (κ2) is 8.20. The van der Waals surface area contributed by atoms with E-state index in [-0.39, 0.29) is 25.2 Å². The molecule has 1 aliphatic heterocycles. The number of aliphatic hydroxyl groups is 1. The SMILES string of the molecule is C[C@H]1OC(=O)N[C@@H]1C(O)NNC(=O)[C@]1(NC(=O)OC(C)(C)C)C[C@H](CC#N)C1. The van der Waals surface area contributed by atoms with Crippen LogP contribution in [0.2, 0.25) is 0 Å². The van der Waals surface area contributed by atoms with Crippen molar-refractivity contribution in [3.63, 3.8) is 0 Å². The van der Waals surface area contributed by atoms with E-state index in [0.29, 0.717) is 0 Å². The molecule has 1 unspecified atom stereocenters. The van der Waals surface area contributed by atoms with Gasteiger partial charge in [0.05, 0.1) is 6.07 Å². The summed E-state index contributed by atoms with van der Waals surface area (Å²) in [6, 6.07) is 1.29. The minimum absolute atomic E-state index is 0.0295. The summed E-state index contributed by atoms with van der Waals surface area (Å²) in [6.45, 7) is 6.71. The second-order valence-electron chi connectivity index (χ2n) is 8.17. The Hall–Kier alpha value is -2.58. The number of rotatable bonds is 6. The molecule has 2 rings (SSSR count). The number of amides is 3. The average Bonchev–Trinajstić information content (AvgIpc) is 2.86. The van der Waals surface area contributed by atoms with E-state index in [1.54, 1.807) is 27.7 Å². The Balaban J connectivity index is 1.97. The van der Waals surface area contributed by atoms with E-state index in [1.165, 1.54) is 0 Å². The van der Waals surface area contributed by atoms with Gasteiger partial charge >= 0.3 is 12.2 Å². The van der Waals surface area contributed by atoms with Crippen molar-refractivity contribution >= 4 is 18.1 Å². The normalized spacial score (nSPS) is 30.1. The highest BCUT2D eigenvalue weighted by atomic mass is 16.6. The summed E-state index contributed by atoms with van der Waals surface area (Å²) in [5.41, 5.74) is 2.81. The lowest BCUT2D eigenvalue weighted by Gasteiger charge is -2.45. The Morgan fingerprint density at radius 2 is 2.11 bits per heavy atom. The lowest BCUT2D eigenvalue weighted by Crippen LogP contribution is -2.69. The molecule has 3 amide bonds. The van der Waals surface area contributed by atoms with Gasteiger partial charge in [-0.15, -0.1) is 0 Å². The van der Waals surface area contributed by atoms with Crippen LogP contribution in [-0.4, -0.2) is 52.7 Å². The fraction of sp³-hybridized carbons (Fsp3) is 0.765. The highest BCUT2D eigenvalue weighted by Crippen LogP contribution is 2.40. The average molecular weight is 397 g/mol. The summed E-state index contributed by atoms with van der Waals surface area (Å²) >= 11 is 0.